The third-order valence-electron chi connectivity index (χ3n) is 14.7. The Kier molecular flexibility index (Phi) is 7.77. The molecule has 0 spiro atoms. The lowest BCUT2D eigenvalue weighted by Gasteiger charge is -2.37. The first kappa shape index (κ1) is 34.2. The van der Waals surface area contributed by atoms with E-state index >= 15 is 0 Å². The number of nitrogens with zero attached hydrogens (tertiary/aromatic N) is 1. The van der Waals surface area contributed by atoms with E-state index in [0.29, 0.717) is 11.8 Å². The highest BCUT2D eigenvalue weighted by Gasteiger charge is 2.46. The van der Waals surface area contributed by atoms with Gasteiger partial charge in [0, 0.05) is 51.1 Å². The van der Waals surface area contributed by atoms with Crippen LogP contribution in [-0.2, 0) is 10.8 Å². The van der Waals surface area contributed by atoms with Crippen molar-refractivity contribution >= 4 is 16.8 Å². The molecule has 0 saturated carbocycles. The summed E-state index contributed by atoms with van der Waals surface area (Å²) in [6, 6.07) is 12.4. The zero-order chi connectivity index (χ0) is 37.8. The van der Waals surface area contributed by atoms with E-state index in [1.165, 1.54) is 61.5 Å². The molecular weight excluding hydrogens is 679 g/mol. The molecule has 2 aromatic rings. The third-order valence-corrected chi connectivity index (χ3v) is 14.7. The molecule has 1 heterocycles. The summed E-state index contributed by atoms with van der Waals surface area (Å²) in [6.07, 6.45) is 47.9. The molecule has 2 heteroatoms. The molecule has 0 N–H and O–H groups in total. The van der Waals surface area contributed by atoms with Crippen LogP contribution < -0.4 is 9.64 Å². The number of hydrogen-bond donors (Lipinski definition) is 0. The smallest absolute Gasteiger partial charge is 0.132 e. The Morgan fingerprint density at radius 1 is 0.714 bits per heavy atom. The molecule has 0 aromatic heterocycles. The van der Waals surface area contributed by atoms with Crippen molar-refractivity contribution in [2.24, 2.45) is 11.8 Å². The molecule has 0 fully saturated rings. The number of benzene rings is 2. The summed E-state index contributed by atoms with van der Waals surface area (Å²) in [5.74, 6) is 2.15. The van der Waals surface area contributed by atoms with Crippen LogP contribution in [0, 0.1) is 11.8 Å². The summed E-state index contributed by atoms with van der Waals surface area (Å²) in [7, 11) is 0. The monoisotopic (exact) mass is 731 g/mol. The topological polar surface area (TPSA) is 12.5 Å². The molecule has 2 aromatic carbocycles. The number of anilines is 1. The lowest BCUT2D eigenvalue weighted by atomic mass is 9.77. The maximum atomic E-state index is 7.18. The molecule has 5 atom stereocenters. The van der Waals surface area contributed by atoms with Crippen LogP contribution in [0.25, 0.3) is 11.1 Å². The van der Waals surface area contributed by atoms with Crippen molar-refractivity contribution in [3.63, 3.8) is 0 Å². The molecule has 11 rings (SSSR count). The van der Waals surface area contributed by atoms with Gasteiger partial charge in [-0.2, -0.15) is 0 Å². The Morgan fingerprint density at radius 2 is 1.61 bits per heavy atom. The van der Waals surface area contributed by atoms with Crippen molar-refractivity contribution in [1.29, 1.82) is 0 Å². The fourth-order valence-electron chi connectivity index (χ4n) is 11.7. The Labute approximate surface area is 333 Å². The van der Waals surface area contributed by atoms with Crippen molar-refractivity contribution < 1.29 is 4.74 Å². The summed E-state index contributed by atoms with van der Waals surface area (Å²) >= 11 is 0. The van der Waals surface area contributed by atoms with Crippen LogP contribution in [0.1, 0.15) is 106 Å². The first-order valence-electron chi connectivity index (χ1n) is 21.4. The van der Waals surface area contributed by atoms with Crippen LogP contribution in [0.3, 0.4) is 0 Å². The highest BCUT2D eigenvalue weighted by Crippen LogP contribution is 2.58. The summed E-state index contributed by atoms with van der Waals surface area (Å²) in [6.45, 7) is 9.65. The second-order valence-corrected chi connectivity index (χ2v) is 18.4. The Hall–Kier alpha value is -5.08. The molecular formula is C54H53NO. The van der Waals surface area contributed by atoms with Gasteiger partial charge in [-0.05, 0) is 108 Å². The van der Waals surface area contributed by atoms with E-state index in [1.807, 2.05) is 0 Å². The van der Waals surface area contributed by atoms with Crippen LogP contribution in [0.4, 0.5) is 5.69 Å². The van der Waals surface area contributed by atoms with E-state index in [2.05, 4.69) is 166 Å². The Balaban J connectivity index is 0.901. The second kappa shape index (κ2) is 12.7. The molecule has 5 unspecified atom stereocenters. The lowest BCUT2D eigenvalue weighted by molar-refractivity contribution is 0.243. The first-order valence-corrected chi connectivity index (χ1v) is 21.4. The van der Waals surface area contributed by atoms with E-state index in [-0.39, 0.29) is 28.9 Å². The summed E-state index contributed by atoms with van der Waals surface area (Å²) in [5, 5.41) is 0. The largest absolute Gasteiger partial charge is 0.484 e. The number of ether oxygens (including phenoxy) is 1. The minimum absolute atomic E-state index is 0.000910. The van der Waals surface area contributed by atoms with Gasteiger partial charge in [0.05, 0.1) is 6.04 Å². The van der Waals surface area contributed by atoms with Gasteiger partial charge in [0.2, 0.25) is 0 Å². The van der Waals surface area contributed by atoms with Crippen LogP contribution in [0.2, 0.25) is 0 Å². The molecule has 9 aliphatic rings. The van der Waals surface area contributed by atoms with Gasteiger partial charge >= 0.3 is 0 Å². The van der Waals surface area contributed by atoms with E-state index in [4.69, 9.17) is 4.74 Å². The predicted octanol–water partition coefficient (Wildman–Crippen LogP) is 13.2. The Bertz CT molecular complexity index is 2450. The summed E-state index contributed by atoms with van der Waals surface area (Å²) in [5.41, 5.74) is 18.6. The van der Waals surface area contributed by atoms with Crippen LogP contribution in [0.15, 0.2) is 162 Å². The summed E-state index contributed by atoms with van der Waals surface area (Å²) < 4.78 is 7.18. The molecule has 280 valence electrons. The molecule has 0 radical (unpaired) electrons. The number of allylic oxidation sites excluding steroid dienone is 19. The predicted molar refractivity (Wildman–Crippen MR) is 234 cm³/mol. The summed E-state index contributed by atoms with van der Waals surface area (Å²) in [4.78, 5) is 2.63. The first-order chi connectivity index (χ1) is 27.3. The van der Waals surface area contributed by atoms with Gasteiger partial charge in [0.15, 0.2) is 0 Å². The average Bonchev–Trinajstić information content (AvgIpc) is 3.82. The number of fused-ring (bicyclic) bond motifs is 8. The van der Waals surface area contributed by atoms with Gasteiger partial charge in [-0.3, -0.25) is 0 Å². The quantitative estimate of drug-likeness (QED) is 0.304. The van der Waals surface area contributed by atoms with Gasteiger partial charge in [-0.1, -0.05) is 149 Å². The molecule has 0 amide bonds. The third kappa shape index (κ3) is 5.07. The Morgan fingerprint density at radius 3 is 2.43 bits per heavy atom. The van der Waals surface area contributed by atoms with Gasteiger partial charge in [-0.15, -0.1) is 0 Å². The average molecular weight is 732 g/mol. The fourth-order valence-corrected chi connectivity index (χ4v) is 11.7. The van der Waals surface area contributed by atoms with E-state index in [1.54, 1.807) is 11.1 Å². The normalized spacial score (nSPS) is 29.2. The highest BCUT2D eigenvalue weighted by atomic mass is 16.5. The molecule has 2 nitrogen and oxygen atoms in total. The minimum atomic E-state index is -0.000910. The highest BCUT2D eigenvalue weighted by molar-refractivity contribution is 5.91. The molecule has 1 aliphatic heterocycles. The van der Waals surface area contributed by atoms with Crippen molar-refractivity contribution in [2.45, 2.75) is 102 Å². The van der Waals surface area contributed by atoms with E-state index < -0.39 is 0 Å². The maximum absolute atomic E-state index is 7.18. The van der Waals surface area contributed by atoms with Crippen LogP contribution in [-0.4, -0.2) is 12.1 Å². The lowest BCUT2D eigenvalue weighted by Crippen LogP contribution is -2.35. The van der Waals surface area contributed by atoms with Gasteiger partial charge in [0.1, 0.15) is 11.9 Å². The molecule has 8 aliphatic carbocycles. The standard InChI is InChI=1S/C54H53NO/c1-53(2)47-20-11-9-16-45(47)50-48(53)32-31-44-43-18-12-17-40(51(43)56-52(44)50)36-23-27-38(28-24-36)55(37-25-21-35(22-26-37)34-13-6-5-7-14-34)39-29-30-42-41-15-8-10-19-46(41)54(3,4)49(42)33-39/h5-7,9-10,12-13,16-19,21-23,25,27-34,36-37,43,51H,8,11,14-15,20,24,26H2,1-4H3. The second-order valence-electron chi connectivity index (χ2n) is 18.4. The van der Waals surface area contributed by atoms with Crippen LogP contribution in [0.5, 0.6) is 5.75 Å². The molecule has 56 heavy (non-hydrogen) atoms. The van der Waals surface area contributed by atoms with Crippen molar-refractivity contribution in [2.75, 3.05) is 4.90 Å². The van der Waals surface area contributed by atoms with Crippen molar-refractivity contribution in [3.8, 4) is 5.75 Å². The fraction of sp³-hybridized carbons (Fsp3) is 0.333. The zero-order valence-electron chi connectivity index (χ0n) is 33.4. The van der Waals surface area contributed by atoms with E-state index in [0.717, 1.165) is 50.7 Å². The number of rotatable bonds is 5. The van der Waals surface area contributed by atoms with Crippen molar-refractivity contribution in [1.82, 2.24) is 0 Å². The van der Waals surface area contributed by atoms with Gasteiger partial charge in [0.25, 0.3) is 0 Å². The number of hydrogen-bond acceptors (Lipinski definition) is 2. The minimum Gasteiger partial charge on any atom is -0.484 e. The van der Waals surface area contributed by atoms with E-state index in [9.17, 15) is 0 Å². The van der Waals surface area contributed by atoms with Gasteiger partial charge < -0.3 is 9.64 Å². The van der Waals surface area contributed by atoms with Crippen molar-refractivity contribution in [3.05, 3.63) is 189 Å². The van der Waals surface area contributed by atoms with Gasteiger partial charge in [-0.25, -0.2) is 0 Å². The van der Waals surface area contributed by atoms with Crippen LogP contribution >= 0.6 is 0 Å². The molecule has 0 saturated heterocycles. The molecule has 0 bridgehead atoms. The maximum Gasteiger partial charge on any atom is 0.132 e. The SMILES string of the molecule is CC1(C)C2=C(CCC=C2)c2ccc(N(C3=CCC(C4=CC=CC5c6ccc7c(c6OC45)C4=C(CCC=C4)C7(C)C)C=C3)C3C=CC(C4C=CC=CC4)=CC3)cc21. The zero-order valence-corrected chi connectivity index (χ0v) is 33.4.